The molecular weight excluding hydrogens is 324 g/mol. The Balaban J connectivity index is 2.17. The highest BCUT2D eigenvalue weighted by molar-refractivity contribution is 7.10. The van der Waals surface area contributed by atoms with Crippen molar-refractivity contribution >= 4 is 23.3 Å². The number of benzene rings is 1. The van der Waals surface area contributed by atoms with E-state index < -0.39 is 12.1 Å². The molecule has 0 aliphatic carbocycles. The monoisotopic (exact) mass is 347 g/mol. The number of hydrogen-bond acceptors (Lipinski definition) is 4. The number of carbonyl (C=O) groups is 2. The van der Waals surface area contributed by atoms with Crippen molar-refractivity contribution in [1.82, 2.24) is 5.32 Å². The molecule has 0 spiro atoms. The van der Waals surface area contributed by atoms with Gasteiger partial charge in [-0.05, 0) is 30.4 Å². The predicted molar refractivity (Wildman–Crippen MR) is 93.9 cm³/mol. The number of alkyl carbamates (subject to hydrolysis) is 1. The lowest BCUT2D eigenvalue weighted by Crippen LogP contribution is -2.92. The summed E-state index contributed by atoms with van der Waals surface area (Å²) in [5.41, 5.74) is 2.41. The van der Waals surface area contributed by atoms with Gasteiger partial charge in [0, 0.05) is 5.56 Å². The molecule has 24 heavy (non-hydrogen) atoms. The summed E-state index contributed by atoms with van der Waals surface area (Å²) in [6, 6.07) is 12.1. The minimum Gasteiger partial charge on any atom is -0.453 e. The third kappa shape index (κ3) is 4.66. The molecule has 1 heterocycles. The Kier molecular flexibility index (Phi) is 6.52. The van der Waals surface area contributed by atoms with Crippen LogP contribution in [-0.2, 0) is 16.0 Å². The third-order valence-corrected chi connectivity index (χ3v) is 4.86. The first-order valence-electron chi connectivity index (χ1n) is 7.91. The fourth-order valence-corrected chi connectivity index (χ4v) is 3.27. The number of hydrogen-bond donors (Lipinski definition) is 2. The number of carbonyl (C=O) groups excluding carboxylic acids is 2. The number of ether oxygens (including phenoxy) is 1. The highest BCUT2D eigenvalue weighted by Crippen LogP contribution is 2.23. The van der Waals surface area contributed by atoms with Crippen LogP contribution in [0.1, 0.15) is 35.9 Å². The van der Waals surface area contributed by atoms with E-state index in [1.165, 1.54) is 12.7 Å². The van der Waals surface area contributed by atoms with Crippen molar-refractivity contribution in [2.24, 2.45) is 0 Å². The van der Waals surface area contributed by atoms with Crippen LogP contribution in [0.2, 0.25) is 0 Å². The summed E-state index contributed by atoms with van der Waals surface area (Å²) in [6.07, 6.45) is 0.256. The highest BCUT2D eigenvalue weighted by Gasteiger charge is 2.26. The second-order valence-corrected chi connectivity index (χ2v) is 6.53. The first-order valence-corrected chi connectivity index (χ1v) is 8.79. The van der Waals surface area contributed by atoms with Crippen LogP contribution >= 0.6 is 11.3 Å². The SMILES string of the molecule is CCc1ccc([C@@H]([NH2+][C@@H](C)C(=O)NC(=O)OC)c2cccs2)cc1. The molecule has 0 aliphatic heterocycles. The van der Waals surface area contributed by atoms with Crippen LogP contribution in [0.5, 0.6) is 0 Å². The Morgan fingerprint density at radius 1 is 1.25 bits per heavy atom. The normalized spacial score (nSPS) is 13.1. The summed E-state index contributed by atoms with van der Waals surface area (Å²) in [5, 5.41) is 6.21. The van der Waals surface area contributed by atoms with Crippen LogP contribution in [0.15, 0.2) is 41.8 Å². The van der Waals surface area contributed by atoms with Crippen molar-refractivity contribution in [3.63, 3.8) is 0 Å². The van der Waals surface area contributed by atoms with Gasteiger partial charge in [-0.15, -0.1) is 11.3 Å². The van der Waals surface area contributed by atoms with Gasteiger partial charge in [0.15, 0.2) is 6.04 Å². The molecule has 2 rings (SSSR count). The van der Waals surface area contributed by atoms with Crippen molar-refractivity contribution < 1.29 is 19.6 Å². The first-order chi connectivity index (χ1) is 11.5. The van der Waals surface area contributed by atoms with Crippen molar-refractivity contribution in [2.75, 3.05) is 7.11 Å². The molecule has 0 unspecified atom stereocenters. The standard InChI is InChI=1S/C18H22N2O3S/c1-4-13-7-9-14(10-8-13)16(15-6-5-11-24-15)19-12(2)17(21)20-18(22)23-3/h5-12,16,19H,4H2,1-3H3,(H,20,21,22)/p+1/t12-,16+/m0/s1. The maximum absolute atomic E-state index is 12.1. The van der Waals surface area contributed by atoms with Crippen LogP contribution in [-0.4, -0.2) is 25.2 Å². The predicted octanol–water partition coefficient (Wildman–Crippen LogP) is 2.23. The zero-order valence-electron chi connectivity index (χ0n) is 14.1. The summed E-state index contributed by atoms with van der Waals surface area (Å²) in [5.74, 6) is -0.367. The number of aryl methyl sites for hydroxylation is 1. The Bertz CT molecular complexity index is 668. The number of amides is 2. The molecule has 0 saturated heterocycles. The lowest BCUT2D eigenvalue weighted by atomic mass is 10.0. The fourth-order valence-electron chi connectivity index (χ4n) is 2.44. The minimum absolute atomic E-state index is 0.00861. The number of nitrogens with one attached hydrogen (secondary N) is 1. The lowest BCUT2D eigenvalue weighted by Gasteiger charge is -2.19. The summed E-state index contributed by atoms with van der Waals surface area (Å²) in [6.45, 7) is 3.90. The van der Waals surface area contributed by atoms with E-state index in [0.717, 1.165) is 16.9 Å². The van der Waals surface area contributed by atoms with Crippen molar-refractivity contribution in [1.29, 1.82) is 0 Å². The zero-order valence-corrected chi connectivity index (χ0v) is 14.9. The van der Waals surface area contributed by atoms with Gasteiger partial charge in [0.2, 0.25) is 0 Å². The largest absolute Gasteiger partial charge is 0.453 e. The van der Waals surface area contributed by atoms with Gasteiger partial charge in [0.25, 0.3) is 5.91 Å². The molecule has 1 aromatic heterocycles. The van der Waals surface area contributed by atoms with Gasteiger partial charge in [-0.25, -0.2) is 4.79 Å². The van der Waals surface area contributed by atoms with E-state index in [0.29, 0.717) is 0 Å². The van der Waals surface area contributed by atoms with Crippen LogP contribution in [0.3, 0.4) is 0 Å². The van der Waals surface area contributed by atoms with E-state index in [2.05, 4.69) is 47.3 Å². The Morgan fingerprint density at radius 2 is 1.96 bits per heavy atom. The Morgan fingerprint density at radius 3 is 2.50 bits per heavy atom. The van der Waals surface area contributed by atoms with E-state index in [1.807, 2.05) is 16.8 Å². The summed E-state index contributed by atoms with van der Waals surface area (Å²) >= 11 is 1.65. The molecule has 0 aliphatic rings. The number of thiophene rings is 1. The molecule has 2 amide bonds. The second kappa shape index (κ2) is 8.61. The van der Waals surface area contributed by atoms with Crippen molar-refractivity contribution in [2.45, 2.75) is 32.4 Å². The average molecular weight is 347 g/mol. The number of imide groups is 1. The molecular formula is C18H23N2O3S+. The molecule has 2 aromatic rings. The quantitative estimate of drug-likeness (QED) is 0.842. The second-order valence-electron chi connectivity index (χ2n) is 5.55. The van der Waals surface area contributed by atoms with E-state index in [9.17, 15) is 9.59 Å². The molecule has 3 N–H and O–H groups in total. The van der Waals surface area contributed by atoms with Crippen LogP contribution in [0.25, 0.3) is 0 Å². The van der Waals surface area contributed by atoms with Gasteiger partial charge in [0.05, 0.1) is 12.0 Å². The van der Waals surface area contributed by atoms with E-state index >= 15 is 0 Å². The maximum Gasteiger partial charge on any atom is 0.413 e. The number of nitrogens with two attached hydrogens (primary N) is 1. The summed E-state index contributed by atoms with van der Waals surface area (Å²) in [7, 11) is 1.24. The summed E-state index contributed by atoms with van der Waals surface area (Å²) in [4.78, 5) is 24.5. The van der Waals surface area contributed by atoms with E-state index in [-0.39, 0.29) is 11.9 Å². The van der Waals surface area contributed by atoms with Gasteiger partial charge < -0.3 is 10.1 Å². The summed E-state index contributed by atoms with van der Waals surface area (Å²) < 4.78 is 4.48. The van der Waals surface area contributed by atoms with Gasteiger partial charge in [-0.3, -0.25) is 10.1 Å². The molecule has 6 heteroatoms. The Labute approximate surface area is 146 Å². The Hall–Kier alpha value is -2.18. The first kappa shape index (κ1) is 18.2. The average Bonchev–Trinajstić information content (AvgIpc) is 3.13. The van der Waals surface area contributed by atoms with Gasteiger partial charge in [-0.1, -0.05) is 37.3 Å². The molecule has 0 saturated carbocycles. The molecule has 0 radical (unpaired) electrons. The van der Waals surface area contributed by atoms with E-state index in [4.69, 9.17) is 0 Å². The van der Waals surface area contributed by atoms with E-state index in [1.54, 1.807) is 18.3 Å². The smallest absolute Gasteiger partial charge is 0.413 e. The third-order valence-electron chi connectivity index (χ3n) is 3.90. The topological polar surface area (TPSA) is 72.0 Å². The zero-order chi connectivity index (χ0) is 17.5. The van der Waals surface area contributed by atoms with Crippen molar-refractivity contribution in [3.05, 3.63) is 57.8 Å². The van der Waals surface area contributed by atoms with Gasteiger partial charge in [0.1, 0.15) is 6.04 Å². The number of rotatable bonds is 6. The van der Waals surface area contributed by atoms with Gasteiger partial charge in [-0.2, -0.15) is 0 Å². The van der Waals surface area contributed by atoms with Crippen LogP contribution in [0.4, 0.5) is 4.79 Å². The van der Waals surface area contributed by atoms with Crippen molar-refractivity contribution in [3.8, 4) is 0 Å². The number of quaternary nitrogens is 1. The highest BCUT2D eigenvalue weighted by atomic mass is 32.1. The van der Waals surface area contributed by atoms with Crippen LogP contribution < -0.4 is 10.6 Å². The van der Waals surface area contributed by atoms with Gasteiger partial charge >= 0.3 is 6.09 Å². The van der Waals surface area contributed by atoms with Crippen LogP contribution in [0, 0.1) is 0 Å². The fraction of sp³-hybridized carbons (Fsp3) is 0.333. The minimum atomic E-state index is -0.736. The maximum atomic E-state index is 12.1. The molecule has 128 valence electrons. The molecule has 2 atom stereocenters. The molecule has 5 nitrogen and oxygen atoms in total. The molecule has 0 bridgehead atoms. The molecule has 0 fully saturated rings. The lowest BCUT2D eigenvalue weighted by molar-refractivity contribution is -0.704. The molecule has 1 aromatic carbocycles. The number of methoxy groups -OCH3 is 1.